The zero-order valence-corrected chi connectivity index (χ0v) is 11.2. The van der Waals surface area contributed by atoms with Gasteiger partial charge in [0.05, 0.1) is 5.52 Å². The van der Waals surface area contributed by atoms with Crippen molar-refractivity contribution in [3.05, 3.63) is 46.2 Å². The Hall–Kier alpha value is -0.840. The van der Waals surface area contributed by atoms with E-state index in [1.54, 1.807) is 6.07 Å². The maximum absolute atomic E-state index is 11.7. The fourth-order valence-electron chi connectivity index (χ4n) is 1.87. The quantitative estimate of drug-likeness (QED) is 0.742. The first kappa shape index (κ1) is 12.2. The van der Waals surface area contributed by atoms with Crippen molar-refractivity contribution in [3.8, 4) is 0 Å². The minimum Gasteiger partial charge on any atom is -0.345 e. The van der Waals surface area contributed by atoms with Crippen LogP contribution in [0.1, 0.15) is 12.6 Å². The van der Waals surface area contributed by atoms with E-state index in [1.165, 1.54) is 0 Å². The summed E-state index contributed by atoms with van der Waals surface area (Å²) in [6.07, 6.45) is 0. The Bertz CT molecular complexity index is 531. The van der Waals surface area contributed by atoms with Gasteiger partial charge in [-0.25, -0.2) is 0 Å². The number of para-hydroxylation sites is 1. The van der Waals surface area contributed by atoms with Crippen LogP contribution in [0.15, 0.2) is 35.1 Å². The van der Waals surface area contributed by atoms with Crippen LogP contribution in [-0.4, -0.2) is 4.57 Å². The Balaban J connectivity index is 0.00000112. The number of nitrogens with zero attached hydrogens (tertiary/aromatic N) is 1. The second-order valence-electron chi connectivity index (χ2n) is 3.41. The summed E-state index contributed by atoms with van der Waals surface area (Å²) in [7, 11) is 0. The molecule has 0 spiro atoms. The van der Waals surface area contributed by atoms with E-state index in [1.807, 2.05) is 31.2 Å². The number of hydrogen-bond acceptors (Lipinski definition) is 1. The van der Waals surface area contributed by atoms with Gasteiger partial charge in [-0.2, -0.15) is 0 Å². The summed E-state index contributed by atoms with van der Waals surface area (Å²) in [4.78, 5) is 11.7. The van der Waals surface area contributed by atoms with Crippen LogP contribution in [0.2, 0.25) is 0 Å². The molecule has 0 fully saturated rings. The van der Waals surface area contributed by atoms with Crippen LogP contribution in [0.3, 0.4) is 0 Å². The van der Waals surface area contributed by atoms with E-state index in [0.717, 1.165) is 23.1 Å². The lowest BCUT2D eigenvalue weighted by Crippen LogP contribution is -2.10. The molecule has 0 bridgehead atoms. The summed E-state index contributed by atoms with van der Waals surface area (Å²) in [5, 5.41) is 0.806. The van der Waals surface area contributed by atoms with Crippen LogP contribution in [0, 0.1) is 6.92 Å². The van der Waals surface area contributed by atoms with Gasteiger partial charge in [0.2, 0.25) is 0 Å². The van der Waals surface area contributed by atoms with E-state index >= 15 is 0 Å². The fraction of sp³-hybridized carbons (Fsp3) is 0.250. The van der Waals surface area contributed by atoms with Crippen molar-refractivity contribution in [2.75, 3.05) is 0 Å². The molecule has 0 aliphatic carbocycles. The largest absolute Gasteiger partial charge is 0.345 e. The van der Waals surface area contributed by atoms with Gasteiger partial charge in [-0.3, -0.25) is 4.79 Å². The van der Waals surface area contributed by atoms with Gasteiger partial charge in [-0.1, -0.05) is 12.1 Å². The highest BCUT2D eigenvalue weighted by atomic mass is 127. The second-order valence-corrected chi connectivity index (χ2v) is 3.41. The van der Waals surface area contributed by atoms with E-state index in [2.05, 4.69) is 11.5 Å². The summed E-state index contributed by atoms with van der Waals surface area (Å²) in [6, 6.07) is 9.44. The van der Waals surface area contributed by atoms with E-state index in [-0.39, 0.29) is 29.4 Å². The van der Waals surface area contributed by atoms with Crippen LogP contribution in [-0.2, 0) is 6.54 Å². The van der Waals surface area contributed by atoms with Crippen molar-refractivity contribution in [2.24, 2.45) is 0 Å². The number of fused-ring (bicyclic) bond motifs is 1. The van der Waals surface area contributed by atoms with Crippen LogP contribution in [0.5, 0.6) is 0 Å². The summed E-state index contributed by atoms with van der Waals surface area (Å²) >= 11 is 0. The van der Waals surface area contributed by atoms with Gasteiger partial charge in [-0.05, 0) is 26.0 Å². The van der Waals surface area contributed by atoms with Crippen molar-refractivity contribution in [1.82, 2.24) is 4.57 Å². The monoisotopic (exact) mass is 315 g/mol. The zero-order valence-electron chi connectivity index (χ0n) is 8.86. The van der Waals surface area contributed by atoms with Crippen molar-refractivity contribution in [3.63, 3.8) is 0 Å². The lowest BCUT2D eigenvalue weighted by atomic mass is 10.2. The summed E-state index contributed by atoms with van der Waals surface area (Å²) in [5.74, 6) is 0. The molecule has 3 heteroatoms. The molecule has 1 aromatic carbocycles. The van der Waals surface area contributed by atoms with E-state index in [4.69, 9.17) is 0 Å². The number of hydrogen-bond donors (Lipinski definition) is 0. The first-order valence-corrected chi connectivity index (χ1v) is 4.83. The summed E-state index contributed by atoms with van der Waals surface area (Å²) in [6.45, 7) is 4.95. The Labute approximate surface area is 106 Å². The molecule has 2 rings (SSSR count). The molecule has 15 heavy (non-hydrogen) atoms. The molecular formula is C12H14INO. The van der Waals surface area contributed by atoms with Gasteiger partial charge >= 0.3 is 0 Å². The topological polar surface area (TPSA) is 22.0 Å². The Morgan fingerprint density at radius 1 is 1.27 bits per heavy atom. The Kier molecular flexibility index (Phi) is 3.90. The summed E-state index contributed by atoms with van der Waals surface area (Å²) < 4.78 is 2.15. The van der Waals surface area contributed by atoms with E-state index in [0.29, 0.717) is 0 Å². The lowest BCUT2D eigenvalue weighted by Gasteiger charge is -2.11. The highest BCUT2D eigenvalue weighted by Gasteiger charge is 2.03. The number of rotatable bonds is 1. The van der Waals surface area contributed by atoms with Gasteiger partial charge in [0.1, 0.15) is 0 Å². The fourth-order valence-corrected chi connectivity index (χ4v) is 1.87. The third-order valence-corrected chi connectivity index (χ3v) is 2.54. The average Bonchev–Trinajstić information content (AvgIpc) is 2.18. The third-order valence-electron chi connectivity index (χ3n) is 2.54. The van der Waals surface area contributed by atoms with Crippen LogP contribution < -0.4 is 5.43 Å². The molecule has 0 aliphatic heterocycles. The van der Waals surface area contributed by atoms with Crippen molar-refractivity contribution < 1.29 is 0 Å². The molecule has 80 valence electrons. The van der Waals surface area contributed by atoms with Crippen molar-refractivity contribution >= 4 is 34.9 Å². The lowest BCUT2D eigenvalue weighted by molar-refractivity contribution is 0.758. The summed E-state index contributed by atoms with van der Waals surface area (Å²) in [5.41, 5.74) is 2.17. The molecule has 0 N–H and O–H groups in total. The molecule has 0 saturated carbocycles. The highest BCUT2D eigenvalue weighted by molar-refractivity contribution is 14.0. The van der Waals surface area contributed by atoms with E-state index < -0.39 is 0 Å². The SMILES string of the molecule is CCn1c(C)cc(=O)c2ccccc21.I. The van der Waals surface area contributed by atoms with E-state index in [9.17, 15) is 4.79 Å². The molecule has 2 aromatic rings. The van der Waals surface area contributed by atoms with Crippen LogP contribution in [0.4, 0.5) is 0 Å². The molecule has 0 atom stereocenters. The Morgan fingerprint density at radius 2 is 1.93 bits per heavy atom. The molecule has 0 radical (unpaired) electrons. The standard InChI is InChI=1S/C12H13NO.HI/c1-3-13-9(2)8-12(14)10-6-4-5-7-11(10)13;/h4-8H,3H2,1-2H3;1H. The number of halogens is 1. The predicted octanol–water partition coefficient (Wildman–Crippen LogP) is 2.95. The smallest absolute Gasteiger partial charge is 0.189 e. The highest BCUT2D eigenvalue weighted by Crippen LogP contribution is 2.11. The number of pyridine rings is 1. The normalized spacial score (nSPS) is 10.0. The van der Waals surface area contributed by atoms with Gasteiger partial charge in [0.25, 0.3) is 0 Å². The molecule has 0 saturated heterocycles. The Morgan fingerprint density at radius 3 is 2.60 bits per heavy atom. The molecule has 0 unspecified atom stereocenters. The zero-order chi connectivity index (χ0) is 10.1. The van der Waals surface area contributed by atoms with Crippen LogP contribution >= 0.6 is 24.0 Å². The molecule has 1 heterocycles. The third kappa shape index (κ3) is 2.07. The molecule has 2 nitrogen and oxygen atoms in total. The first-order valence-electron chi connectivity index (χ1n) is 4.83. The van der Waals surface area contributed by atoms with Gasteiger partial charge in [0, 0.05) is 23.7 Å². The number of aromatic nitrogens is 1. The number of aryl methyl sites for hydroxylation is 2. The second kappa shape index (κ2) is 4.79. The maximum Gasteiger partial charge on any atom is 0.189 e. The maximum atomic E-state index is 11.7. The minimum atomic E-state index is 0. The molecular weight excluding hydrogens is 301 g/mol. The molecule has 0 aliphatic rings. The van der Waals surface area contributed by atoms with Crippen molar-refractivity contribution in [1.29, 1.82) is 0 Å². The molecule has 0 amide bonds. The van der Waals surface area contributed by atoms with Gasteiger partial charge < -0.3 is 4.57 Å². The average molecular weight is 315 g/mol. The van der Waals surface area contributed by atoms with Crippen LogP contribution in [0.25, 0.3) is 10.9 Å². The minimum absolute atomic E-state index is 0. The predicted molar refractivity (Wildman–Crippen MR) is 74.0 cm³/mol. The van der Waals surface area contributed by atoms with Gasteiger partial charge in [-0.15, -0.1) is 24.0 Å². The van der Waals surface area contributed by atoms with Crippen molar-refractivity contribution in [2.45, 2.75) is 20.4 Å². The van der Waals surface area contributed by atoms with Gasteiger partial charge in [0.15, 0.2) is 5.43 Å². The molecule has 1 aromatic heterocycles. The number of benzene rings is 1. The first-order chi connectivity index (χ1) is 6.74.